The van der Waals surface area contributed by atoms with Gasteiger partial charge < -0.3 is 24.4 Å². The number of rotatable bonds is 4. The molecule has 3 aromatic heterocycles. The van der Waals surface area contributed by atoms with E-state index in [0.717, 1.165) is 12.8 Å². The number of nitrogens with zero attached hydrogens (tertiary/aromatic N) is 7. The van der Waals surface area contributed by atoms with E-state index in [-0.39, 0.29) is 17.4 Å². The Balaban J connectivity index is 1.56. The third-order valence-electron chi connectivity index (χ3n) is 6.84. The van der Waals surface area contributed by atoms with Gasteiger partial charge in [-0.05, 0) is 33.9 Å². The third kappa shape index (κ3) is 4.03. The van der Waals surface area contributed by atoms with Crippen molar-refractivity contribution in [2.24, 2.45) is 7.05 Å². The maximum absolute atomic E-state index is 16.0. The summed E-state index contributed by atoms with van der Waals surface area (Å²) in [6.07, 6.45) is 3.58. The molecule has 5 heterocycles. The molecule has 0 radical (unpaired) electrons. The lowest BCUT2D eigenvalue weighted by Crippen LogP contribution is -2.44. The number of aromatic amines is 1. The average Bonchev–Trinajstić information content (AvgIpc) is 3.40. The van der Waals surface area contributed by atoms with Crippen LogP contribution in [0.2, 0.25) is 0 Å². The van der Waals surface area contributed by atoms with Crippen molar-refractivity contribution in [1.29, 1.82) is 0 Å². The summed E-state index contributed by atoms with van der Waals surface area (Å²) < 4.78 is 23.1. The fourth-order valence-electron chi connectivity index (χ4n) is 4.92. The molecule has 0 aliphatic carbocycles. The Kier molecular flexibility index (Phi) is 5.98. The molecule has 0 atom stereocenters. The summed E-state index contributed by atoms with van der Waals surface area (Å²) in [5.74, 6) is -0.428. The monoisotopic (exact) mass is 470 g/mol. The lowest BCUT2D eigenvalue weighted by molar-refractivity contribution is 0.0652. The highest BCUT2D eigenvalue weighted by molar-refractivity contribution is 5.97. The molecule has 0 saturated carbocycles. The van der Waals surface area contributed by atoms with Crippen molar-refractivity contribution in [2.45, 2.75) is 25.8 Å². The maximum atomic E-state index is 16.0. The van der Waals surface area contributed by atoms with Gasteiger partial charge in [-0.25, -0.2) is 14.4 Å². The minimum absolute atomic E-state index is 0.178. The fourth-order valence-corrected chi connectivity index (χ4v) is 4.92. The first-order valence-corrected chi connectivity index (χ1v) is 11.7. The Morgan fingerprint density at radius 2 is 1.88 bits per heavy atom. The second kappa shape index (κ2) is 8.95. The van der Waals surface area contributed by atoms with Crippen LogP contribution in [0, 0.1) is 12.7 Å². The number of hydrogen-bond acceptors (Lipinski definition) is 7. The van der Waals surface area contributed by atoms with E-state index in [0.29, 0.717) is 73.5 Å². The summed E-state index contributed by atoms with van der Waals surface area (Å²) in [6.45, 7) is 5.25. The molecule has 0 aromatic carbocycles. The molecule has 2 saturated heterocycles. The number of carbonyl (C=O) groups excluding carboxylic acids is 1. The number of pyridine rings is 1. The molecule has 10 nitrogen and oxygen atoms in total. The second-order valence-corrected chi connectivity index (χ2v) is 9.30. The number of H-pyrrole nitrogens is 1. The number of likely N-dealkylation sites (tertiary alicyclic amines) is 1. The van der Waals surface area contributed by atoms with Crippen LogP contribution in [0.25, 0.3) is 22.4 Å². The fraction of sp³-hybridized carbons (Fsp3) is 0.565. The Morgan fingerprint density at radius 1 is 1.18 bits per heavy atom. The van der Waals surface area contributed by atoms with Crippen LogP contribution < -0.4 is 4.90 Å². The summed E-state index contributed by atoms with van der Waals surface area (Å²) >= 11 is 0. The predicted octanol–water partition coefficient (Wildman–Crippen LogP) is 1.81. The Hall–Kier alpha value is -3.05. The minimum atomic E-state index is -0.444. The molecule has 11 heteroatoms. The van der Waals surface area contributed by atoms with Crippen molar-refractivity contribution < 1.29 is 13.9 Å². The van der Waals surface area contributed by atoms with Crippen molar-refractivity contribution in [3.05, 3.63) is 23.5 Å². The first-order chi connectivity index (χ1) is 16.3. The highest BCUT2D eigenvalue weighted by atomic mass is 19.1. The largest absolute Gasteiger partial charge is 0.378 e. The van der Waals surface area contributed by atoms with Crippen LogP contribution in [0.1, 0.15) is 29.2 Å². The van der Waals surface area contributed by atoms with Crippen LogP contribution in [-0.2, 0) is 11.8 Å². The van der Waals surface area contributed by atoms with E-state index in [9.17, 15) is 4.79 Å². The third-order valence-corrected chi connectivity index (χ3v) is 6.84. The molecule has 182 valence electrons. The topological polar surface area (TPSA) is 95.4 Å². The van der Waals surface area contributed by atoms with E-state index in [2.05, 4.69) is 39.0 Å². The lowest BCUT2D eigenvalue weighted by atomic mass is 10.0. The van der Waals surface area contributed by atoms with Gasteiger partial charge in [0.05, 0.1) is 18.9 Å². The standard InChI is InChI=1S/C23H31FN8O2/c1-14-16(13-30(4)28-14)18-17(24)20(31-9-11-34-12-10-31)19-21(25-18)27-22(26-19)23(33)32-7-5-15(6-8-32)29(2)3/h13,15H,5-12H2,1-4H3,(H,25,26,27). The van der Waals surface area contributed by atoms with Crippen LogP contribution in [0.5, 0.6) is 0 Å². The van der Waals surface area contributed by atoms with Crippen LogP contribution >= 0.6 is 0 Å². The molecule has 2 fully saturated rings. The van der Waals surface area contributed by atoms with Gasteiger partial charge in [0.1, 0.15) is 16.9 Å². The number of hydrogen-bond donors (Lipinski definition) is 1. The highest BCUT2D eigenvalue weighted by Gasteiger charge is 2.30. The van der Waals surface area contributed by atoms with E-state index in [1.807, 2.05) is 16.7 Å². The summed E-state index contributed by atoms with van der Waals surface area (Å²) in [5.41, 5.74) is 2.63. The molecular weight excluding hydrogens is 439 g/mol. The normalized spacial score (nSPS) is 17.8. The smallest absolute Gasteiger partial charge is 0.289 e. The summed E-state index contributed by atoms with van der Waals surface area (Å²) in [7, 11) is 5.92. The van der Waals surface area contributed by atoms with Gasteiger partial charge in [-0.2, -0.15) is 5.10 Å². The quantitative estimate of drug-likeness (QED) is 0.621. The van der Waals surface area contributed by atoms with Gasteiger partial charge in [0.2, 0.25) is 0 Å². The summed E-state index contributed by atoms with van der Waals surface area (Å²) in [5, 5.41) is 4.35. The number of aromatic nitrogens is 5. The zero-order chi connectivity index (χ0) is 24.0. The van der Waals surface area contributed by atoms with E-state index >= 15 is 4.39 Å². The van der Waals surface area contributed by atoms with Gasteiger partial charge in [-0.3, -0.25) is 9.48 Å². The number of anilines is 1. The molecule has 0 spiro atoms. The van der Waals surface area contributed by atoms with Gasteiger partial charge in [0.15, 0.2) is 17.3 Å². The molecule has 3 aromatic rings. The SMILES string of the molecule is Cc1nn(C)cc1-c1nc2nc(C(=O)N3CCC(N(C)C)CC3)[nH]c2c(N2CCOCC2)c1F. The predicted molar refractivity (Wildman–Crippen MR) is 126 cm³/mol. The van der Waals surface area contributed by atoms with Gasteiger partial charge >= 0.3 is 0 Å². The van der Waals surface area contributed by atoms with Crippen molar-refractivity contribution in [2.75, 3.05) is 58.4 Å². The van der Waals surface area contributed by atoms with Crippen LogP contribution in [0.3, 0.4) is 0 Å². The van der Waals surface area contributed by atoms with E-state index in [4.69, 9.17) is 4.74 Å². The number of halogens is 1. The maximum Gasteiger partial charge on any atom is 0.289 e. The van der Waals surface area contributed by atoms with E-state index < -0.39 is 5.82 Å². The highest BCUT2D eigenvalue weighted by Crippen LogP contribution is 2.35. The van der Waals surface area contributed by atoms with Gasteiger partial charge in [0, 0.05) is 51.0 Å². The summed E-state index contributed by atoms with van der Waals surface area (Å²) in [6, 6.07) is 0.466. The first kappa shape index (κ1) is 22.7. The summed E-state index contributed by atoms with van der Waals surface area (Å²) in [4.78, 5) is 31.4. The first-order valence-electron chi connectivity index (χ1n) is 11.7. The molecule has 2 aliphatic rings. The number of nitrogens with one attached hydrogen (secondary N) is 1. The Bertz CT molecular complexity index is 1210. The number of aryl methyl sites for hydroxylation is 2. The molecule has 5 rings (SSSR count). The molecule has 1 amide bonds. The number of morpholine rings is 1. The van der Waals surface area contributed by atoms with Gasteiger partial charge in [0.25, 0.3) is 5.91 Å². The zero-order valence-electron chi connectivity index (χ0n) is 20.1. The number of fused-ring (bicyclic) bond motifs is 1. The molecule has 1 N–H and O–H groups in total. The van der Waals surface area contributed by atoms with Crippen molar-refractivity contribution in [1.82, 2.24) is 34.5 Å². The number of amides is 1. The van der Waals surface area contributed by atoms with Crippen molar-refractivity contribution >= 4 is 22.8 Å². The van der Waals surface area contributed by atoms with Crippen molar-refractivity contribution in [3.8, 4) is 11.3 Å². The van der Waals surface area contributed by atoms with Crippen molar-refractivity contribution in [3.63, 3.8) is 0 Å². The average molecular weight is 471 g/mol. The number of ether oxygens (including phenoxy) is 1. The zero-order valence-corrected chi connectivity index (χ0v) is 20.1. The van der Waals surface area contributed by atoms with Crippen LogP contribution in [0.15, 0.2) is 6.20 Å². The van der Waals surface area contributed by atoms with Gasteiger partial charge in [-0.1, -0.05) is 0 Å². The molecular formula is C23H31FN8O2. The molecule has 0 bridgehead atoms. The Morgan fingerprint density at radius 3 is 2.50 bits per heavy atom. The Labute approximate surface area is 197 Å². The second-order valence-electron chi connectivity index (χ2n) is 9.30. The molecule has 0 unspecified atom stereocenters. The molecule has 2 aliphatic heterocycles. The van der Waals surface area contributed by atoms with Crippen LogP contribution in [0.4, 0.5) is 10.1 Å². The molecule has 34 heavy (non-hydrogen) atoms. The minimum Gasteiger partial charge on any atom is -0.378 e. The van der Waals surface area contributed by atoms with Crippen LogP contribution in [-0.4, -0.2) is 100.0 Å². The van der Waals surface area contributed by atoms with Gasteiger partial charge in [-0.15, -0.1) is 0 Å². The van der Waals surface area contributed by atoms with E-state index in [1.54, 1.807) is 17.9 Å². The lowest BCUT2D eigenvalue weighted by Gasteiger charge is -2.34. The number of carbonyl (C=O) groups is 1. The number of piperidine rings is 1. The number of imidazole rings is 1. The van der Waals surface area contributed by atoms with E-state index in [1.165, 1.54) is 0 Å².